The maximum absolute atomic E-state index is 13.2. The zero-order chi connectivity index (χ0) is 18.0. The van der Waals surface area contributed by atoms with E-state index in [-0.39, 0.29) is 22.5 Å². The third-order valence-electron chi connectivity index (χ3n) is 3.05. The highest BCUT2D eigenvalue weighted by atomic mass is 35.5. The molecule has 0 aliphatic heterocycles. The molecule has 3 rings (SSSR count). The van der Waals surface area contributed by atoms with E-state index >= 15 is 0 Å². The van der Waals surface area contributed by atoms with Crippen LogP contribution in [0.5, 0.6) is 0 Å². The van der Waals surface area contributed by atoms with Crippen molar-refractivity contribution in [3.05, 3.63) is 53.3 Å². The molecule has 0 saturated carbocycles. The summed E-state index contributed by atoms with van der Waals surface area (Å²) in [6.07, 6.45) is -0.414. The summed E-state index contributed by atoms with van der Waals surface area (Å²) >= 11 is 5.97. The van der Waals surface area contributed by atoms with Crippen molar-refractivity contribution >= 4 is 23.2 Å². The minimum absolute atomic E-state index is 0.0961. The average Bonchev–Trinajstić information content (AvgIpc) is 2.58. The number of nitrogens with zero attached hydrogens (tertiary/aromatic N) is 5. The quantitative estimate of drug-likeness (QED) is 0.753. The number of aromatic nitrogens is 5. The normalized spacial score (nSPS) is 11.4. The second-order valence-corrected chi connectivity index (χ2v) is 5.35. The Labute approximate surface area is 145 Å². The third-order valence-corrected chi connectivity index (χ3v) is 3.32. The van der Waals surface area contributed by atoms with Crippen molar-refractivity contribution in [2.45, 2.75) is 13.1 Å². The standard InChI is InChI=1S/C15H10ClF3N6/c1-8-21-7-10(16)14(22-8)25-12-5-11(15(17,18)19)23-13(24-12)9-3-2-4-20-6-9/h2-7H,1H3,(H,21,22,23,24,25). The fourth-order valence-electron chi connectivity index (χ4n) is 1.94. The summed E-state index contributed by atoms with van der Waals surface area (Å²) in [5, 5.41) is 2.83. The highest BCUT2D eigenvalue weighted by Gasteiger charge is 2.34. The Hall–Kier alpha value is -2.81. The second-order valence-electron chi connectivity index (χ2n) is 4.94. The smallest absolute Gasteiger partial charge is 0.323 e. The van der Waals surface area contributed by atoms with E-state index < -0.39 is 11.9 Å². The Bertz CT molecular complexity index is 902. The van der Waals surface area contributed by atoms with Gasteiger partial charge in [0.2, 0.25) is 0 Å². The average molecular weight is 367 g/mol. The summed E-state index contributed by atoms with van der Waals surface area (Å²) in [6.45, 7) is 1.63. The Morgan fingerprint density at radius 2 is 1.92 bits per heavy atom. The zero-order valence-corrected chi connectivity index (χ0v) is 13.5. The van der Waals surface area contributed by atoms with Crippen LogP contribution in [0, 0.1) is 6.92 Å². The molecule has 0 radical (unpaired) electrons. The Morgan fingerprint density at radius 1 is 1.12 bits per heavy atom. The summed E-state index contributed by atoms with van der Waals surface area (Å²) < 4.78 is 39.5. The van der Waals surface area contributed by atoms with Gasteiger partial charge in [0.25, 0.3) is 0 Å². The van der Waals surface area contributed by atoms with Crippen molar-refractivity contribution in [1.29, 1.82) is 0 Å². The van der Waals surface area contributed by atoms with Crippen molar-refractivity contribution in [2.75, 3.05) is 5.32 Å². The number of rotatable bonds is 3. The number of hydrogen-bond donors (Lipinski definition) is 1. The number of anilines is 2. The predicted molar refractivity (Wildman–Crippen MR) is 85.3 cm³/mol. The van der Waals surface area contributed by atoms with Gasteiger partial charge in [-0.1, -0.05) is 11.6 Å². The van der Waals surface area contributed by atoms with Crippen LogP contribution in [-0.2, 0) is 6.18 Å². The molecule has 10 heteroatoms. The minimum atomic E-state index is -4.64. The number of nitrogens with one attached hydrogen (secondary N) is 1. The van der Waals surface area contributed by atoms with Crippen LogP contribution in [0.3, 0.4) is 0 Å². The number of pyridine rings is 1. The molecular weight excluding hydrogens is 357 g/mol. The highest BCUT2D eigenvalue weighted by Crippen LogP contribution is 2.32. The first kappa shape index (κ1) is 17.0. The van der Waals surface area contributed by atoms with Gasteiger partial charge in [0.1, 0.15) is 16.7 Å². The first-order valence-electron chi connectivity index (χ1n) is 6.96. The van der Waals surface area contributed by atoms with Crippen LogP contribution in [0.4, 0.5) is 24.8 Å². The van der Waals surface area contributed by atoms with Crippen molar-refractivity contribution < 1.29 is 13.2 Å². The largest absolute Gasteiger partial charge is 0.433 e. The van der Waals surface area contributed by atoms with Gasteiger partial charge >= 0.3 is 6.18 Å². The lowest BCUT2D eigenvalue weighted by Gasteiger charge is -2.12. The molecule has 0 aliphatic carbocycles. The SMILES string of the molecule is Cc1ncc(Cl)c(Nc2cc(C(F)(F)F)nc(-c3cccnc3)n2)n1. The molecule has 0 aromatic carbocycles. The molecule has 1 N–H and O–H groups in total. The van der Waals surface area contributed by atoms with Gasteiger partial charge in [-0.05, 0) is 19.1 Å². The first-order chi connectivity index (χ1) is 11.8. The molecule has 0 saturated heterocycles. The monoisotopic (exact) mass is 366 g/mol. The van der Waals surface area contributed by atoms with Gasteiger partial charge in [0.15, 0.2) is 17.3 Å². The molecule has 3 aromatic rings. The third kappa shape index (κ3) is 4.00. The van der Waals surface area contributed by atoms with E-state index in [1.54, 1.807) is 19.1 Å². The molecule has 3 heterocycles. The molecule has 0 unspecified atom stereocenters. The van der Waals surface area contributed by atoms with Crippen molar-refractivity contribution in [1.82, 2.24) is 24.9 Å². The molecule has 0 spiro atoms. The maximum atomic E-state index is 13.2. The molecule has 3 aromatic heterocycles. The van der Waals surface area contributed by atoms with Crippen LogP contribution in [-0.4, -0.2) is 24.9 Å². The van der Waals surface area contributed by atoms with Gasteiger partial charge in [0.05, 0.1) is 6.20 Å². The molecule has 128 valence electrons. The van der Waals surface area contributed by atoms with Crippen LogP contribution >= 0.6 is 11.6 Å². The number of hydrogen-bond acceptors (Lipinski definition) is 6. The molecule has 0 aliphatic rings. The lowest BCUT2D eigenvalue weighted by atomic mass is 10.2. The van der Waals surface area contributed by atoms with Crippen molar-refractivity contribution in [3.8, 4) is 11.4 Å². The summed E-state index contributed by atoms with van der Waals surface area (Å²) in [7, 11) is 0. The van der Waals surface area contributed by atoms with Crippen molar-refractivity contribution in [3.63, 3.8) is 0 Å². The Morgan fingerprint density at radius 3 is 2.60 bits per heavy atom. The van der Waals surface area contributed by atoms with E-state index in [1.165, 1.54) is 18.6 Å². The second kappa shape index (κ2) is 6.60. The molecule has 25 heavy (non-hydrogen) atoms. The van der Waals surface area contributed by atoms with E-state index in [9.17, 15) is 13.2 Å². The zero-order valence-electron chi connectivity index (χ0n) is 12.7. The lowest BCUT2D eigenvalue weighted by molar-refractivity contribution is -0.141. The number of halogens is 4. The predicted octanol–water partition coefficient (Wildman–Crippen LogP) is 4.05. The van der Waals surface area contributed by atoms with E-state index in [4.69, 9.17) is 11.6 Å². The van der Waals surface area contributed by atoms with Gasteiger partial charge in [0, 0.05) is 24.0 Å². The van der Waals surface area contributed by atoms with E-state index in [0.29, 0.717) is 11.4 Å². The molecule has 0 atom stereocenters. The van der Waals surface area contributed by atoms with Crippen LogP contribution in [0.2, 0.25) is 5.02 Å². The van der Waals surface area contributed by atoms with E-state index in [1.807, 2.05) is 0 Å². The molecular formula is C15H10ClF3N6. The first-order valence-corrected chi connectivity index (χ1v) is 7.33. The van der Waals surface area contributed by atoms with E-state index in [2.05, 4.69) is 30.2 Å². The number of alkyl halides is 3. The lowest BCUT2D eigenvalue weighted by Crippen LogP contribution is -2.11. The van der Waals surface area contributed by atoms with Gasteiger partial charge in [-0.15, -0.1) is 0 Å². The van der Waals surface area contributed by atoms with E-state index in [0.717, 1.165) is 6.07 Å². The number of aryl methyl sites for hydroxylation is 1. The van der Waals surface area contributed by atoms with Gasteiger partial charge < -0.3 is 5.32 Å². The van der Waals surface area contributed by atoms with Gasteiger partial charge in [-0.25, -0.2) is 19.9 Å². The highest BCUT2D eigenvalue weighted by molar-refractivity contribution is 6.32. The Balaban J connectivity index is 2.08. The summed E-state index contributed by atoms with van der Waals surface area (Å²) in [4.78, 5) is 19.5. The topological polar surface area (TPSA) is 76.5 Å². The summed E-state index contributed by atoms with van der Waals surface area (Å²) in [5.41, 5.74) is -0.743. The maximum Gasteiger partial charge on any atom is 0.433 e. The van der Waals surface area contributed by atoms with Gasteiger partial charge in [-0.3, -0.25) is 4.98 Å². The van der Waals surface area contributed by atoms with Crippen LogP contribution in [0.25, 0.3) is 11.4 Å². The van der Waals surface area contributed by atoms with Crippen LogP contribution in [0.15, 0.2) is 36.8 Å². The molecule has 0 bridgehead atoms. The molecule has 6 nitrogen and oxygen atoms in total. The van der Waals surface area contributed by atoms with Gasteiger partial charge in [-0.2, -0.15) is 13.2 Å². The Kier molecular flexibility index (Phi) is 4.49. The minimum Gasteiger partial charge on any atom is -0.323 e. The fourth-order valence-corrected chi connectivity index (χ4v) is 2.08. The summed E-state index contributed by atoms with van der Waals surface area (Å²) in [6, 6.07) is 3.93. The summed E-state index contributed by atoms with van der Waals surface area (Å²) in [5.74, 6) is 0.344. The fraction of sp³-hybridized carbons (Fsp3) is 0.133. The van der Waals surface area contributed by atoms with Crippen molar-refractivity contribution in [2.24, 2.45) is 0 Å². The molecule has 0 amide bonds. The van der Waals surface area contributed by atoms with Crippen LogP contribution in [0.1, 0.15) is 11.5 Å². The molecule has 0 fully saturated rings. The van der Waals surface area contributed by atoms with Crippen LogP contribution < -0.4 is 5.32 Å².